The summed E-state index contributed by atoms with van der Waals surface area (Å²) in [6.45, 7) is 8.03. The molecule has 0 bridgehead atoms. The average molecular weight is 368 g/mol. The van der Waals surface area contributed by atoms with E-state index in [0.717, 1.165) is 25.0 Å². The highest BCUT2D eigenvalue weighted by molar-refractivity contribution is 14.1. The van der Waals surface area contributed by atoms with E-state index < -0.39 is 0 Å². The number of aryl methyl sites for hydroxylation is 1. The van der Waals surface area contributed by atoms with Gasteiger partial charge in [0.15, 0.2) is 0 Å². The lowest BCUT2D eigenvalue weighted by atomic mass is 9.73. The van der Waals surface area contributed by atoms with Crippen LogP contribution in [0.2, 0.25) is 0 Å². The smallest absolute Gasteiger partial charge is 0.119 e. The van der Waals surface area contributed by atoms with E-state index in [-0.39, 0.29) is 0 Å². The molecule has 1 aromatic rings. The number of halogens is 1. The van der Waals surface area contributed by atoms with Gasteiger partial charge in [-0.3, -0.25) is 0 Å². The summed E-state index contributed by atoms with van der Waals surface area (Å²) in [4.78, 5) is 0. The van der Waals surface area contributed by atoms with Crippen LogP contribution in [0.4, 0.5) is 0 Å². The maximum absolute atomic E-state index is 5.33. The van der Waals surface area contributed by atoms with E-state index in [1.807, 2.05) is 0 Å². The molecule has 0 saturated heterocycles. The molecule has 0 saturated carbocycles. The summed E-state index contributed by atoms with van der Waals surface area (Å²) in [6, 6.07) is 6.52. The Morgan fingerprint density at radius 3 is 2.95 bits per heavy atom. The Balaban J connectivity index is 2.28. The summed E-state index contributed by atoms with van der Waals surface area (Å²) in [6.07, 6.45) is 6.71. The summed E-state index contributed by atoms with van der Waals surface area (Å²) < 4.78 is 6.57. The molecule has 0 radical (unpaired) electrons. The van der Waals surface area contributed by atoms with E-state index in [9.17, 15) is 0 Å². The second-order valence-electron chi connectivity index (χ2n) is 5.17. The van der Waals surface area contributed by atoms with Crippen LogP contribution < -0.4 is 4.74 Å². The number of allylic oxidation sites excluding steroid dienone is 2. The molecule has 19 heavy (non-hydrogen) atoms. The molecule has 102 valence electrons. The van der Waals surface area contributed by atoms with Gasteiger partial charge in [0.2, 0.25) is 0 Å². The molecular formula is C17H21IO. The fourth-order valence-electron chi connectivity index (χ4n) is 3.01. The maximum atomic E-state index is 5.33. The SMILES string of the molecule is C=C[C@H]1CCc2cc(OC)ccc2[C@@H]1CCC(=C)I. The number of ether oxygens (including phenoxy) is 1. The molecular weight excluding hydrogens is 347 g/mol. The Bertz CT molecular complexity index is 478. The highest BCUT2D eigenvalue weighted by atomic mass is 127. The van der Waals surface area contributed by atoms with Crippen LogP contribution >= 0.6 is 22.6 Å². The second-order valence-corrected chi connectivity index (χ2v) is 6.69. The van der Waals surface area contributed by atoms with Crippen molar-refractivity contribution in [1.29, 1.82) is 0 Å². The second kappa shape index (κ2) is 6.60. The molecule has 0 aromatic heterocycles. The van der Waals surface area contributed by atoms with Gasteiger partial charge in [0.05, 0.1) is 7.11 Å². The van der Waals surface area contributed by atoms with E-state index in [2.05, 4.69) is 60.0 Å². The number of methoxy groups -OCH3 is 1. The maximum Gasteiger partial charge on any atom is 0.119 e. The van der Waals surface area contributed by atoms with E-state index in [1.165, 1.54) is 21.1 Å². The minimum atomic E-state index is 0.582. The van der Waals surface area contributed by atoms with Gasteiger partial charge in [0.25, 0.3) is 0 Å². The molecule has 0 spiro atoms. The first-order chi connectivity index (χ1) is 9.15. The highest BCUT2D eigenvalue weighted by Gasteiger charge is 2.27. The summed E-state index contributed by atoms with van der Waals surface area (Å²) in [5.74, 6) is 2.14. The van der Waals surface area contributed by atoms with Crippen LogP contribution in [0.25, 0.3) is 0 Å². The van der Waals surface area contributed by atoms with Crippen LogP contribution in [0.1, 0.15) is 36.3 Å². The van der Waals surface area contributed by atoms with Crippen LogP contribution in [-0.2, 0) is 6.42 Å². The van der Waals surface area contributed by atoms with E-state index in [0.29, 0.717) is 11.8 Å². The normalized spacial score (nSPS) is 21.6. The zero-order valence-corrected chi connectivity index (χ0v) is 13.7. The average Bonchev–Trinajstić information content (AvgIpc) is 2.43. The fourth-order valence-corrected chi connectivity index (χ4v) is 3.32. The minimum Gasteiger partial charge on any atom is -0.497 e. The molecule has 0 amide bonds. The third kappa shape index (κ3) is 3.41. The third-order valence-corrected chi connectivity index (χ3v) is 4.58. The van der Waals surface area contributed by atoms with E-state index >= 15 is 0 Å². The first-order valence-electron chi connectivity index (χ1n) is 6.78. The predicted molar refractivity (Wildman–Crippen MR) is 90.1 cm³/mol. The molecule has 2 heteroatoms. The van der Waals surface area contributed by atoms with Crippen molar-refractivity contribution >= 4 is 22.6 Å². The summed E-state index contributed by atoms with van der Waals surface area (Å²) in [5.41, 5.74) is 2.93. The van der Waals surface area contributed by atoms with Gasteiger partial charge in [-0.05, 0) is 86.9 Å². The molecule has 0 unspecified atom stereocenters. The van der Waals surface area contributed by atoms with Gasteiger partial charge in [-0.15, -0.1) is 6.58 Å². The summed E-state index contributed by atoms with van der Waals surface area (Å²) in [5, 5.41) is 0. The highest BCUT2D eigenvalue weighted by Crippen LogP contribution is 2.41. The van der Waals surface area contributed by atoms with E-state index in [1.54, 1.807) is 7.11 Å². The van der Waals surface area contributed by atoms with Crippen molar-refractivity contribution in [2.24, 2.45) is 5.92 Å². The quantitative estimate of drug-likeness (QED) is 0.509. The number of hydrogen-bond acceptors (Lipinski definition) is 1. The van der Waals surface area contributed by atoms with Crippen LogP contribution in [-0.4, -0.2) is 7.11 Å². The van der Waals surface area contributed by atoms with E-state index in [4.69, 9.17) is 4.74 Å². The number of hydrogen-bond donors (Lipinski definition) is 0. The largest absolute Gasteiger partial charge is 0.497 e. The van der Waals surface area contributed by atoms with Crippen molar-refractivity contribution in [2.75, 3.05) is 7.11 Å². The van der Waals surface area contributed by atoms with Crippen LogP contribution in [0.5, 0.6) is 5.75 Å². The standard InChI is InChI=1S/C17H21IO/c1-4-13-6-7-14-11-15(19-3)8-10-17(14)16(13)9-5-12(2)18/h4,8,10-11,13,16H,1-2,5-7,9H2,3H3/t13-,16+/m0/s1. The zero-order valence-electron chi connectivity index (χ0n) is 11.5. The van der Waals surface area contributed by atoms with Gasteiger partial charge in [-0.25, -0.2) is 0 Å². The topological polar surface area (TPSA) is 9.23 Å². The molecule has 2 atom stereocenters. The van der Waals surface area contributed by atoms with Gasteiger partial charge in [0, 0.05) is 0 Å². The fraction of sp³-hybridized carbons (Fsp3) is 0.412. The van der Waals surface area contributed by atoms with Gasteiger partial charge < -0.3 is 4.74 Å². The number of rotatable bonds is 5. The Labute approximate surface area is 129 Å². The number of benzene rings is 1. The Morgan fingerprint density at radius 1 is 1.53 bits per heavy atom. The molecule has 2 rings (SSSR count). The van der Waals surface area contributed by atoms with Crippen molar-refractivity contribution in [2.45, 2.75) is 31.6 Å². The van der Waals surface area contributed by atoms with Gasteiger partial charge in [-0.2, -0.15) is 0 Å². The molecule has 0 aliphatic heterocycles. The molecule has 1 aromatic carbocycles. The monoisotopic (exact) mass is 368 g/mol. The Kier molecular flexibility index (Phi) is 5.08. The Morgan fingerprint density at radius 2 is 2.32 bits per heavy atom. The van der Waals surface area contributed by atoms with Crippen molar-refractivity contribution in [3.8, 4) is 5.75 Å². The molecule has 0 N–H and O–H groups in total. The van der Waals surface area contributed by atoms with Gasteiger partial charge >= 0.3 is 0 Å². The first-order valence-corrected chi connectivity index (χ1v) is 7.86. The van der Waals surface area contributed by atoms with Crippen molar-refractivity contribution < 1.29 is 4.74 Å². The van der Waals surface area contributed by atoms with Gasteiger partial charge in [0.1, 0.15) is 5.75 Å². The molecule has 0 fully saturated rings. The van der Waals surface area contributed by atoms with Crippen LogP contribution in [0.3, 0.4) is 0 Å². The summed E-state index contributed by atoms with van der Waals surface area (Å²) >= 11 is 2.33. The lowest BCUT2D eigenvalue weighted by molar-refractivity contribution is 0.404. The van der Waals surface area contributed by atoms with Crippen molar-refractivity contribution in [3.63, 3.8) is 0 Å². The minimum absolute atomic E-state index is 0.582. The lowest BCUT2D eigenvalue weighted by Crippen LogP contribution is -2.19. The predicted octanol–water partition coefficient (Wildman–Crippen LogP) is 5.26. The molecule has 1 nitrogen and oxygen atoms in total. The zero-order chi connectivity index (χ0) is 13.8. The van der Waals surface area contributed by atoms with Gasteiger partial charge in [-0.1, -0.05) is 18.7 Å². The third-order valence-electron chi connectivity index (χ3n) is 4.04. The van der Waals surface area contributed by atoms with Crippen LogP contribution in [0, 0.1) is 5.92 Å². The summed E-state index contributed by atoms with van der Waals surface area (Å²) in [7, 11) is 1.73. The first kappa shape index (κ1) is 14.6. The molecule has 0 heterocycles. The molecule has 1 aliphatic carbocycles. The van der Waals surface area contributed by atoms with Crippen molar-refractivity contribution in [3.05, 3.63) is 52.1 Å². The number of fused-ring (bicyclic) bond motifs is 1. The lowest BCUT2D eigenvalue weighted by Gasteiger charge is -2.32. The van der Waals surface area contributed by atoms with Crippen LogP contribution in [0.15, 0.2) is 41.0 Å². The molecule has 1 aliphatic rings. The van der Waals surface area contributed by atoms with Crippen molar-refractivity contribution in [1.82, 2.24) is 0 Å². The Hall–Kier alpha value is -0.770.